The second-order valence-corrected chi connectivity index (χ2v) is 12.7. The molecule has 2 aromatic rings. The Hall–Kier alpha value is -4.57. The van der Waals surface area contributed by atoms with E-state index in [-0.39, 0.29) is 49.0 Å². The maximum Gasteiger partial charge on any atom is 0.316 e. The number of urea groups is 1. The number of rotatable bonds is 12. The summed E-state index contributed by atoms with van der Waals surface area (Å²) < 4.78 is 5.92. The highest BCUT2D eigenvalue weighted by Gasteiger charge is 2.44. The zero-order valence-electron chi connectivity index (χ0n) is 27.3. The van der Waals surface area contributed by atoms with Crippen LogP contribution >= 0.6 is 0 Å². The highest BCUT2D eigenvalue weighted by Crippen LogP contribution is 2.38. The van der Waals surface area contributed by atoms with Gasteiger partial charge in [-0.25, -0.2) is 4.79 Å². The minimum absolute atomic E-state index is 0.0359. The van der Waals surface area contributed by atoms with Crippen LogP contribution in [-0.4, -0.2) is 78.2 Å². The third-order valence-corrected chi connectivity index (χ3v) is 8.29. The van der Waals surface area contributed by atoms with Crippen LogP contribution in [0.15, 0.2) is 90.2 Å². The van der Waals surface area contributed by atoms with Crippen LogP contribution in [0.3, 0.4) is 0 Å². The minimum atomic E-state index is -0.906. The number of hydrogen-bond acceptors (Lipinski definition) is 6. The Morgan fingerprint density at radius 3 is 2.46 bits per heavy atom. The van der Waals surface area contributed by atoms with Gasteiger partial charge < -0.3 is 35.6 Å². The molecule has 10 heteroatoms. The first kappa shape index (κ1) is 34.3. The normalized spacial score (nSPS) is 18.6. The van der Waals surface area contributed by atoms with Crippen LogP contribution in [-0.2, 0) is 27.3 Å². The molecule has 4 N–H and O–H groups in total. The van der Waals surface area contributed by atoms with Gasteiger partial charge >= 0.3 is 6.03 Å². The van der Waals surface area contributed by atoms with Crippen molar-refractivity contribution in [1.82, 2.24) is 25.8 Å². The maximum atomic E-state index is 14.4. The van der Waals surface area contributed by atoms with Gasteiger partial charge in [0.1, 0.15) is 23.7 Å². The van der Waals surface area contributed by atoms with E-state index in [9.17, 15) is 19.5 Å². The van der Waals surface area contributed by atoms with Gasteiger partial charge in [-0.05, 0) is 47.1 Å². The van der Waals surface area contributed by atoms with Gasteiger partial charge in [0.25, 0.3) is 0 Å². The van der Waals surface area contributed by atoms with Crippen LogP contribution < -0.4 is 16.0 Å². The molecule has 0 aromatic heterocycles. The van der Waals surface area contributed by atoms with E-state index in [0.717, 1.165) is 35.3 Å². The molecule has 1 saturated heterocycles. The zero-order valence-corrected chi connectivity index (χ0v) is 27.3. The van der Waals surface area contributed by atoms with Gasteiger partial charge in [-0.3, -0.25) is 9.59 Å². The first-order valence-electron chi connectivity index (χ1n) is 15.8. The molecule has 0 saturated carbocycles. The van der Waals surface area contributed by atoms with Crippen molar-refractivity contribution >= 4 is 17.8 Å². The van der Waals surface area contributed by atoms with E-state index in [1.54, 1.807) is 42.4 Å². The number of aromatic hydroxyl groups is 1. The number of carbonyl (C=O) groups is 3. The SMILES string of the molecule is C=CCNCC(=O)N1[C@@H](NC(=O)NCc2ccccc2)CN(CC2=CCCC(C(C)(C)C)=C2OC)C(=O)[C@@H]1Cc1ccc(O)cc1. The van der Waals surface area contributed by atoms with Gasteiger partial charge in [-0.1, -0.05) is 75.4 Å². The summed E-state index contributed by atoms with van der Waals surface area (Å²) in [7, 11) is 1.66. The predicted molar refractivity (Wildman–Crippen MR) is 178 cm³/mol. The highest BCUT2D eigenvalue weighted by molar-refractivity contribution is 5.91. The molecule has 0 bridgehead atoms. The molecule has 10 nitrogen and oxygen atoms in total. The summed E-state index contributed by atoms with van der Waals surface area (Å²) in [5.41, 5.74) is 3.70. The lowest BCUT2D eigenvalue weighted by molar-refractivity contribution is -0.155. The number of phenolic OH excluding ortho intramolecular Hbond substituents is 1. The molecule has 4 rings (SSSR count). The zero-order chi connectivity index (χ0) is 33.3. The largest absolute Gasteiger partial charge is 0.508 e. The summed E-state index contributed by atoms with van der Waals surface area (Å²) in [6.07, 6.45) is 4.86. The van der Waals surface area contributed by atoms with Crippen molar-refractivity contribution in [3.05, 3.63) is 101 Å². The van der Waals surface area contributed by atoms with Gasteiger partial charge in [-0.15, -0.1) is 6.58 Å². The van der Waals surface area contributed by atoms with E-state index >= 15 is 0 Å². The van der Waals surface area contributed by atoms with Crippen molar-refractivity contribution in [2.45, 2.75) is 58.8 Å². The Balaban J connectivity index is 1.67. The van der Waals surface area contributed by atoms with Crippen LogP contribution in [0.4, 0.5) is 4.79 Å². The molecule has 2 aliphatic rings. The number of phenols is 1. The van der Waals surface area contributed by atoms with Gasteiger partial charge in [0.15, 0.2) is 0 Å². The van der Waals surface area contributed by atoms with Gasteiger partial charge in [0, 0.05) is 31.6 Å². The number of amides is 4. The fourth-order valence-electron chi connectivity index (χ4n) is 6.04. The van der Waals surface area contributed by atoms with E-state index in [2.05, 4.69) is 49.4 Å². The monoisotopic (exact) mass is 629 g/mol. The molecule has 2 atom stereocenters. The molecule has 0 unspecified atom stereocenters. The number of methoxy groups -OCH3 is 1. The van der Waals surface area contributed by atoms with E-state index in [0.29, 0.717) is 13.1 Å². The first-order chi connectivity index (χ1) is 22.0. The van der Waals surface area contributed by atoms with Crippen LogP contribution in [0.25, 0.3) is 0 Å². The second-order valence-electron chi connectivity index (χ2n) is 12.7. The van der Waals surface area contributed by atoms with E-state index in [1.165, 1.54) is 10.5 Å². The van der Waals surface area contributed by atoms with Crippen LogP contribution in [0, 0.1) is 5.41 Å². The Kier molecular flexibility index (Phi) is 11.7. The van der Waals surface area contributed by atoms with E-state index < -0.39 is 18.2 Å². The van der Waals surface area contributed by atoms with Crippen molar-refractivity contribution in [2.75, 3.05) is 33.3 Å². The lowest BCUT2D eigenvalue weighted by Crippen LogP contribution is -2.70. The highest BCUT2D eigenvalue weighted by atomic mass is 16.5. The molecule has 1 aliphatic heterocycles. The maximum absolute atomic E-state index is 14.4. The second kappa shape index (κ2) is 15.6. The number of piperazine rings is 1. The Morgan fingerprint density at radius 1 is 1.09 bits per heavy atom. The summed E-state index contributed by atoms with van der Waals surface area (Å²) in [6.45, 7) is 11.2. The topological polar surface area (TPSA) is 123 Å². The van der Waals surface area contributed by atoms with Crippen molar-refractivity contribution in [3.63, 3.8) is 0 Å². The molecule has 0 spiro atoms. The number of benzene rings is 2. The number of nitrogens with one attached hydrogen (secondary N) is 3. The summed E-state index contributed by atoms with van der Waals surface area (Å²) in [6, 6.07) is 14.8. The average Bonchev–Trinajstić information content (AvgIpc) is 3.03. The molecule has 46 heavy (non-hydrogen) atoms. The summed E-state index contributed by atoms with van der Waals surface area (Å²) in [5, 5.41) is 18.8. The van der Waals surface area contributed by atoms with Crippen LogP contribution in [0.5, 0.6) is 5.75 Å². The van der Waals surface area contributed by atoms with Gasteiger partial charge in [-0.2, -0.15) is 0 Å². The Bertz CT molecular complexity index is 1450. The number of nitrogens with zero attached hydrogens (tertiary/aromatic N) is 2. The summed E-state index contributed by atoms with van der Waals surface area (Å²) >= 11 is 0. The molecule has 4 amide bonds. The van der Waals surface area contributed by atoms with Crippen molar-refractivity contribution in [3.8, 4) is 5.75 Å². The molecular formula is C36H47N5O5. The molecule has 1 heterocycles. The van der Waals surface area contributed by atoms with Crippen molar-refractivity contribution < 1.29 is 24.2 Å². The molecule has 1 aliphatic carbocycles. The number of hydrogen-bond donors (Lipinski definition) is 4. The van der Waals surface area contributed by atoms with Crippen molar-refractivity contribution in [2.24, 2.45) is 5.41 Å². The number of carbonyl (C=O) groups excluding carboxylic acids is 3. The number of ether oxygens (including phenoxy) is 1. The Morgan fingerprint density at radius 2 is 1.80 bits per heavy atom. The third-order valence-electron chi connectivity index (χ3n) is 8.29. The molecule has 2 aromatic carbocycles. The molecule has 1 fully saturated rings. The fraction of sp³-hybridized carbons (Fsp3) is 0.417. The standard InChI is InChI=1S/C36H47N5O5/c1-6-19-37-22-32(43)41-30(20-25-15-17-28(42)18-16-25)34(44)40(23-27-13-10-14-29(33(27)46-5)36(2,3)4)24-31(41)39-35(45)38-21-26-11-8-7-9-12-26/h6-9,11-13,15-18,30-31,37,42H,1,10,14,19-24H2,2-5H3,(H2,38,39,45)/t30-,31+/m0/s1. The quantitative estimate of drug-likeness (QED) is 0.206. The van der Waals surface area contributed by atoms with Gasteiger partial charge in [0.05, 0.1) is 20.2 Å². The van der Waals surface area contributed by atoms with Crippen LogP contribution in [0.1, 0.15) is 44.7 Å². The van der Waals surface area contributed by atoms with Gasteiger partial charge in [0.2, 0.25) is 11.8 Å². The fourth-order valence-corrected chi connectivity index (χ4v) is 6.04. The van der Waals surface area contributed by atoms with E-state index in [1.807, 2.05) is 30.3 Å². The van der Waals surface area contributed by atoms with E-state index in [4.69, 9.17) is 4.74 Å². The number of allylic oxidation sites excluding steroid dienone is 2. The van der Waals surface area contributed by atoms with Crippen molar-refractivity contribution in [1.29, 1.82) is 0 Å². The van der Waals surface area contributed by atoms with Crippen LogP contribution in [0.2, 0.25) is 0 Å². The lowest BCUT2D eigenvalue weighted by atomic mass is 9.79. The predicted octanol–water partition coefficient (Wildman–Crippen LogP) is 4.24. The molecular weight excluding hydrogens is 582 g/mol. The summed E-state index contributed by atoms with van der Waals surface area (Å²) in [5.74, 6) is 0.344. The smallest absolute Gasteiger partial charge is 0.316 e. The molecule has 246 valence electrons. The molecule has 0 radical (unpaired) electrons. The summed E-state index contributed by atoms with van der Waals surface area (Å²) in [4.78, 5) is 44.7. The first-order valence-corrected chi connectivity index (χ1v) is 15.8. The third kappa shape index (κ3) is 8.78. The average molecular weight is 630 g/mol. The Labute approximate surface area is 272 Å². The minimum Gasteiger partial charge on any atom is -0.508 e. The lowest BCUT2D eigenvalue weighted by Gasteiger charge is -2.46.